The third-order valence-corrected chi connectivity index (χ3v) is 3.77. The number of nitrogens with zero attached hydrogens (tertiary/aromatic N) is 3. The van der Waals surface area contributed by atoms with Gasteiger partial charge in [0.15, 0.2) is 5.82 Å². The number of rotatable bonds is 1. The van der Waals surface area contributed by atoms with Crippen molar-refractivity contribution in [2.75, 3.05) is 17.2 Å². The van der Waals surface area contributed by atoms with Crippen molar-refractivity contribution in [3.8, 4) is 0 Å². The van der Waals surface area contributed by atoms with E-state index in [0.29, 0.717) is 16.7 Å². The Morgan fingerprint density at radius 3 is 3.00 bits per heavy atom. The van der Waals surface area contributed by atoms with Crippen LogP contribution in [0, 0.1) is 6.92 Å². The average molecular weight is 275 g/mol. The highest BCUT2D eigenvalue weighted by Crippen LogP contribution is 2.37. The Hall–Kier alpha value is -1.81. The van der Waals surface area contributed by atoms with Crippen molar-refractivity contribution in [3.05, 3.63) is 40.7 Å². The number of nitrogen functional groups attached to an aromatic ring is 1. The molecular weight excluding hydrogens is 260 g/mol. The summed E-state index contributed by atoms with van der Waals surface area (Å²) in [5, 5.41) is 0.427. The van der Waals surface area contributed by atoms with Crippen molar-refractivity contribution in [1.82, 2.24) is 9.97 Å². The van der Waals surface area contributed by atoms with Crippen LogP contribution in [0.1, 0.15) is 17.5 Å². The van der Waals surface area contributed by atoms with E-state index in [1.807, 2.05) is 0 Å². The van der Waals surface area contributed by atoms with E-state index in [1.165, 1.54) is 17.5 Å². The van der Waals surface area contributed by atoms with Gasteiger partial charge in [0.05, 0.1) is 0 Å². The molecule has 0 unspecified atom stereocenters. The van der Waals surface area contributed by atoms with Crippen LogP contribution >= 0.6 is 11.6 Å². The summed E-state index contributed by atoms with van der Waals surface area (Å²) in [7, 11) is 0. The molecule has 0 atom stereocenters. The summed E-state index contributed by atoms with van der Waals surface area (Å²) in [4.78, 5) is 10.3. The largest absolute Gasteiger partial charge is 0.382 e. The first kappa shape index (κ1) is 12.2. The van der Waals surface area contributed by atoms with Gasteiger partial charge in [-0.1, -0.05) is 29.3 Å². The lowest BCUT2D eigenvalue weighted by molar-refractivity contribution is 0.758. The molecule has 4 nitrogen and oxygen atoms in total. The highest BCUT2D eigenvalue weighted by molar-refractivity contribution is 6.35. The summed E-state index contributed by atoms with van der Waals surface area (Å²) >= 11 is 6.23. The van der Waals surface area contributed by atoms with Crippen LogP contribution in [-0.4, -0.2) is 16.5 Å². The van der Waals surface area contributed by atoms with E-state index in [2.05, 4.69) is 40.0 Å². The van der Waals surface area contributed by atoms with Gasteiger partial charge < -0.3 is 10.6 Å². The molecule has 0 aliphatic carbocycles. The topological polar surface area (TPSA) is 55.0 Å². The number of benzene rings is 1. The molecule has 98 valence electrons. The Bertz CT molecular complexity index is 627. The second-order valence-electron chi connectivity index (χ2n) is 4.78. The molecule has 2 aromatic rings. The molecule has 2 heterocycles. The van der Waals surface area contributed by atoms with Crippen molar-refractivity contribution < 1.29 is 0 Å². The molecule has 0 saturated carbocycles. The number of aromatic nitrogens is 2. The van der Waals surface area contributed by atoms with Crippen molar-refractivity contribution in [1.29, 1.82) is 0 Å². The van der Waals surface area contributed by atoms with Crippen molar-refractivity contribution in [2.45, 2.75) is 19.8 Å². The van der Waals surface area contributed by atoms with Gasteiger partial charge in [-0.05, 0) is 31.4 Å². The van der Waals surface area contributed by atoms with E-state index in [9.17, 15) is 0 Å². The Morgan fingerprint density at radius 1 is 1.32 bits per heavy atom. The maximum absolute atomic E-state index is 6.23. The Kier molecular flexibility index (Phi) is 3.03. The lowest BCUT2D eigenvalue weighted by Gasteiger charge is -2.31. The van der Waals surface area contributed by atoms with E-state index in [1.54, 1.807) is 0 Å². The zero-order chi connectivity index (χ0) is 13.4. The second kappa shape index (κ2) is 4.70. The number of nitrogens with two attached hydrogens (primary N) is 1. The molecule has 0 amide bonds. The van der Waals surface area contributed by atoms with Crippen LogP contribution in [0.5, 0.6) is 0 Å². The van der Waals surface area contributed by atoms with E-state index in [0.717, 1.165) is 25.1 Å². The van der Waals surface area contributed by atoms with Gasteiger partial charge >= 0.3 is 0 Å². The van der Waals surface area contributed by atoms with Crippen molar-refractivity contribution >= 4 is 28.9 Å². The number of hydrogen-bond donors (Lipinski definition) is 1. The van der Waals surface area contributed by atoms with Gasteiger partial charge in [-0.25, -0.2) is 9.97 Å². The molecule has 3 rings (SSSR count). The summed E-state index contributed by atoms with van der Waals surface area (Å²) in [6.07, 6.45) is 3.63. The molecular formula is C14H15ClN4. The van der Waals surface area contributed by atoms with Crippen LogP contribution in [-0.2, 0) is 6.42 Å². The smallest absolute Gasteiger partial charge is 0.157 e. The van der Waals surface area contributed by atoms with Crippen LogP contribution < -0.4 is 10.6 Å². The monoisotopic (exact) mass is 274 g/mol. The van der Waals surface area contributed by atoms with Crippen LogP contribution in [0.4, 0.5) is 17.3 Å². The zero-order valence-corrected chi connectivity index (χ0v) is 11.5. The van der Waals surface area contributed by atoms with Gasteiger partial charge in [-0.2, -0.15) is 0 Å². The lowest BCUT2D eigenvalue weighted by Crippen LogP contribution is -2.26. The molecule has 0 spiro atoms. The molecule has 1 aromatic heterocycles. The summed E-state index contributed by atoms with van der Waals surface area (Å²) in [5.41, 5.74) is 9.53. The lowest BCUT2D eigenvalue weighted by atomic mass is 9.99. The van der Waals surface area contributed by atoms with Crippen molar-refractivity contribution in [3.63, 3.8) is 0 Å². The summed E-state index contributed by atoms with van der Waals surface area (Å²) in [6, 6.07) is 6.45. The third-order valence-electron chi connectivity index (χ3n) is 3.41. The van der Waals surface area contributed by atoms with Crippen LogP contribution in [0.25, 0.3) is 0 Å². The fourth-order valence-electron chi connectivity index (χ4n) is 2.51. The maximum Gasteiger partial charge on any atom is 0.157 e. The Morgan fingerprint density at radius 2 is 2.16 bits per heavy atom. The van der Waals surface area contributed by atoms with E-state index in [-0.39, 0.29) is 0 Å². The molecule has 0 fully saturated rings. The van der Waals surface area contributed by atoms with Gasteiger partial charge in [0.1, 0.15) is 17.2 Å². The number of hydrogen-bond acceptors (Lipinski definition) is 4. The summed E-state index contributed by atoms with van der Waals surface area (Å²) in [6.45, 7) is 3.00. The fraction of sp³-hybridized carbons (Fsp3) is 0.286. The van der Waals surface area contributed by atoms with Gasteiger partial charge in [-0.3, -0.25) is 0 Å². The minimum atomic E-state index is 0.325. The quantitative estimate of drug-likeness (QED) is 0.868. The van der Waals surface area contributed by atoms with E-state index >= 15 is 0 Å². The van der Waals surface area contributed by atoms with E-state index in [4.69, 9.17) is 17.3 Å². The normalized spacial score (nSPS) is 14.3. The fourth-order valence-corrected chi connectivity index (χ4v) is 2.71. The number of anilines is 3. The van der Waals surface area contributed by atoms with Gasteiger partial charge in [0.2, 0.25) is 0 Å². The van der Waals surface area contributed by atoms with Gasteiger partial charge in [0, 0.05) is 12.2 Å². The molecule has 0 saturated heterocycles. The molecule has 1 aliphatic heterocycles. The summed E-state index contributed by atoms with van der Waals surface area (Å²) in [5.74, 6) is 1.02. The maximum atomic E-state index is 6.23. The minimum Gasteiger partial charge on any atom is -0.382 e. The first-order valence-corrected chi connectivity index (χ1v) is 6.67. The standard InChI is InChI=1S/C14H15ClN4/c1-9-4-5-11-10(7-9)3-2-6-19(11)14-12(15)13(16)17-8-18-14/h4-5,7-8H,2-3,6H2,1H3,(H2,16,17,18). The zero-order valence-electron chi connectivity index (χ0n) is 10.7. The summed E-state index contributed by atoms with van der Waals surface area (Å²) < 4.78 is 0. The van der Waals surface area contributed by atoms with Gasteiger partial charge in [-0.15, -0.1) is 0 Å². The molecule has 5 heteroatoms. The van der Waals surface area contributed by atoms with Crippen LogP contribution in [0.2, 0.25) is 5.02 Å². The first-order chi connectivity index (χ1) is 9.16. The molecule has 0 radical (unpaired) electrons. The average Bonchev–Trinajstić information content (AvgIpc) is 2.41. The molecule has 0 bridgehead atoms. The first-order valence-electron chi connectivity index (χ1n) is 6.30. The Balaban J connectivity index is 2.11. The highest BCUT2D eigenvalue weighted by atomic mass is 35.5. The predicted octanol–water partition coefficient (Wildman–Crippen LogP) is 3.10. The molecule has 1 aromatic carbocycles. The minimum absolute atomic E-state index is 0.325. The Labute approximate surface area is 117 Å². The van der Waals surface area contributed by atoms with E-state index < -0.39 is 0 Å². The molecule has 1 aliphatic rings. The SMILES string of the molecule is Cc1ccc2c(c1)CCCN2c1ncnc(N)c1Cl. The number of aryl methyl sites for hydroxylation is 2. The van der Waals surface area contributed by atoms with Crippen molar-refractivity contribution in [2.24, 2.45) is 0 Å². The van der Waals surface area contributed by atoms with Crippen LogP contribution in [0.3, 0.4) is 0 Å². The third kappa shape index (κ3) is 2.12. The molecule has 2 N–H and O–H groups in total. The number of halogens is 1. The second-order valence-corrected chi connectivity index (χ2v) is 5.16. The highest BCUT2D eigenvalue weighted by Gasteiger charge is 2.22. The van der Waals surface area contributed by atoms with Crippen LogP contribution in [0.15, 0.2) is 24.5 Å². The predicted molar refractivity (Wildman–Crippen MR) is 78.0 cm³/mol. The number of fused-ring (bicyclic) bond motifs is 1. The molecule has 19 heavy (non-hydrogen) atoms. The van der Waals surface area contributed by atoms with Gasteiger partial charge in [0.25, 0.3) is 0 Å².